The van der Waals surface area contributed by atoms with Crippen LogP contribution in [0.4, 0.5) is 40.2 Å². The normalized spacial score (nSPS) is 21.8. The Balaban J connectivity index is 0.750. The van der Waals surface area contributed by atoms with Crippen molar-refractivity contribution in [3.8, 4) is 17.1 Å². The molecule has 4 aromatic heterocycles. The van der Waals surface area contributed by atoms with E-state index in [1.165, 1.54) is 30.1 Å². The first-order chi connectivity index (χ1) is 36.4. The number of anilines is 7. The number of pyridine rings is 2. The van der Waals surface area contributed by atoms with E-state index in [2.05, 4.69) is 96.1 Å². The summed E-state index contributed by atoms with van der Waals surface area (Å²) in [6, 6.07) is 15.9. The van der Waals surface area contributed by atoms with Crippen molar-refractivity contribution >= 4 is 52.0 Å². The largest absolute Gasteiger partial charge is 0.478 e. The van der Waals surface area contributed by atoms with Crippen LogP contribution in [0.25, 0.3) is 11.3 Å². The second-order valence-electron chi connectivity index (χ2n) is 22.1. The van der Waals surface area contributed by atoms with Crippen molar-refractivity contribution in [2.45, 2.75) is 104 Å². The monoisotopic (exact) mass is 1020 g/mol. The molecule has 2 atom stereocenters. The Bertz CT molecular complexity index is 2930. The van der Waals surface area contributed by atoms with Crippen LogP contribution in [0.2, 0.25) is 0 Å². The number of nitrogens with one attached hydrogen (secondary N) is 2. The van der Waals surface area contributed by atoms with E-state index in [1.807, 2.05) is 30.5 Å². The van der Waals surface area contributed by atoms with Crippen LogP contribution in [0, 0.1) is 5.41 Å². The molecule has 18 nitrogen and oxygen atoms in total. The number of hydrogen-bond donors (Lipinski definition) is 3. The van der Waals surface area contributed by atoms with Gasteiger partial charge in [-0.15, -0.1) is 0 Å². The molecule has 18 heteroatoms. The number of carbonyl (C=O) groups is 2. The molecule has 0 saturated carbocycles. The highest BCUT2D eigenvalue weighted by atomic mass is 16.5. The van der Waals surface area contributed by atoms with Crippen molar-refractivity contribution in [2.75, 3.05) is 109 Å². The fourth-order valence-corrected chi connectivity index (χ4v) is 12.9. The SMILES string of the molecule is C=CC(=O)Nc1cc(Nc2nc(-c3ccnc(N4CCn5c(cc6c5CC(C)(C)C6)C4=O)c3CO)cnc2OC)ccc1N1CCN(C2CCN(c3ccnc(N4CCN(C5CCOCC5)C[C@@H]4C)c3)CC2)C[C@@H]1C. The van der Waals surface area contributed by atoms with Crippen molar-refractivity contribution in [2.24, 2.45) is 5.41 Å². The fourth-order valence-electron chi connectivity index (χ4n) is 12.9. The summed E-state index contributed by atoms with van der Waals surface area (Å²) in [6.45, 7) is 23.1. The Hall–Kier alpha value is -6.60. The van der Waals surface area contributed by atoms with Crippen LogP contribution < -0.4 is 35.0 Å². The van der Waals surface area contributed by atoms with Crippen LogP contribution in [0.15, 0.2) is 73.7 Å². The lowest BCUT2D eigenvalue weighted by Crippen LogP contribution is -2.57. The molecule has 1 aromatic carbocycles. The van der Waals surface area contributed by atoms with E-state index < -0.39 is 0 Å². The van der Waals surface area contributed by atoms with Gasteiger partial charge in [0.2, 0.25) is 5.91 Å². The zero-order chi connectivity index (χ0) is 52.0. The fraction of sp³-hybridized carbons (Fsp3) is 0.509. The maximum absolute atomic E-state index is 14.1. The number of amides is 2. The zero-order valence-electron chi connectivity index (χ0n) is 44.3. The van der Waals surface area contributed by atoms with E-state index in [1.54, 1.807) is 23.4 Å². The zero-order valence-corrected chi connectivity index (χ0v) is 44.3. The van der Waals surface area contributed by atoms with Gasteiger partial charge in [0.15, 0.2) is 5.82 Å². The predicted octanol–water partition coefficient (Wildman–Crippen LogP) is 6.76. The molecule has 11 rings (SSSR count). The first-order valence-corrected chi connectivity index (χ1v) is 27.1. The Morgan fingerprint density at radius 1 is 0.867 bits per heavy atom. The standard InChI is InChI=1S/C57H73N13O5/c1-7-52(72)62-46-29-40(61-53-55(74-6)60-33-47(63-53)44-11-17-59-54(45(44)36-71)70-25-24-69-49(56(70)73)28-39-31-57(4,5)32-50(39)69)8-9-48(46)67-22-20-65(34-37(67)2)41-12-18-64(19-13-41)43-10-16-58-51(30-43)68-23-21-66(35-38(68)3)42-14-26-75-27-15-42/h7-11,16-17,28-30,33,37-38,41-42,71H,1,12-15,18-27,31-32,34-36H2,2-6H3,(H,61,63)(H,62,72)/t37-,38-/m0/s1. The van der Waals surface area contributed by atoms with Crippen molar-refractivity contribution in [1.82, 2.24) is 34.3 Å². The average Bonchev–Trinajstić information content (AvgIpc) is 3.93. The second kappa shape index (κ2) is 21.2. The number of fused-ring (bicyclic) bond motifs is 3. The van der Waals surface area contributed by atoms with Gasteiger partial charge in [-0.1, -0.05) is 20.4 Å². The van der Waals surface area contributed by atoms with Gasteiger partial charge in [-0.05, 0) is 106 Å². The summed E-state index contributed by atoms with van der Waals surface area (Å²) in [5.41, 5.74) is 8.32. The summed E-state index contributed by atoms with van der Waals surface area (Å²) in [7, 11) is 1.53. The number of aliphatic hydroxyl groups excluding tert-OH is 1. The van der Waals surface area contributed by atoms with Crippen molar-refractivity contribution < 1.29 is 24.2 Å². The van der Waals surface area contributed by atoms with Crippen LogP contribution in [0.3, 0.4) is 0 Å². The van der Waals surface area contributed by atoms with Gasteiger partial charge in [0.05, 0.1) is 37.0 Å². The number of nitrogens with zero attached hydrogens (tertiary/aromatic N) is 11. The molecule has 6 aliphatic rings. The molecule has 4 fully saturated rings. The van der Waals surface area contributed by atoms with Gasteiger partial charge in [-0.2, -0.15) is 0 Å². The molecule has 9 heterocycles. The van der Waals surface area contributed by atoms with Gasteiger partial charge in [0.1, 0.15) is 17.3 Å². The number of ether oxygens (including phenoxy) is 2. The number of hydrogen-bond acceptors (Lipinski definition) is 15. The maximum Gasteiger partial charge on any atom is 0.276 e. The number of methoxy groups -OCH3 is 1. The van der Waals surface area contributed by atoms with Crippen LogP contribution >= 0.6 is 0 Å². The summed E-state index contributed by atoms with van der Waals surface area (Å²) < 4.78 is 13.5. The van der Waals surface area contributed by atoms with E-state index in [0.717, 1.165) is 116 Å². The lowest BCUT2D eigenvalue weighted by molar-refractivity contribution is -0.111. The topological polar surface area (TPSA) is 173 Å². The molecule has 0 spiro atoms. The molecule has 0 bridgehead atoms. The van der Waals surface area contributed by atoms with E-state index >= 15 is 0 Å². The van der Waals surface area contributed by atoms with E-state index in [4.69, 9.17) is 19.4 Å². The van der Waals surface area contributed by atoms with Crippen molar-refractivity contribution in [3.63, 3.8) is 0 Å². The number of rotatable bonds is 13. The summed E-state index contributed by atoms with van der Waals surface area (Å²) in [4.78, 5) is 60.6. The number of aliphatic hydroxyl groups is 1. The maximum atomic E-state index is 14.1. The third-order valence-corrected chi connectivity index (χ3v) is 16.7. The third kappa shape index (κ3) is 10.2. The highest BCUT2D eigenvalue weighted by Gasteiger charge is 2.39. The first-order valence-electron chi connectivity index (χ1n) is 27.1. The van der Waals surface area contributed by atoms with Crippen LogP contribution in [-0.4, -0.2) is 155 Å². The molecule has 2 amide bonds. The minimum atomic E-state index is -0.368. The average molecular weight is 1020 g/mol. The quantitative estimate of drug-likeness (QED) is 0.106. The van der Waals surface area contributed by atoms with Crippen LogP contribution in [0.5, 0.6) is 5.88 Å². The Kier molecular flexibility index (Phi) is 14.3. The molecule has 5 aliphatic heterocycles. The lowest BCUT2D eigenvalue weighted by atomic mass is 9.90. The smallest absolute Gasteiger partial charge is 0.276 e. The Morgan fingerprint density at radius 3 is 2.32 bits per heavy atom. The molecule has 0 radical (unpaired) electrons. The van der Waals surface area contributed by atoms with Gasteiger partial charge in [-0.3, -0.25) is 24.3 Å². The van der Waals surface area contributed by atoms with Crippen molar-refractivity contribution in [3.05, 3.63) is 96.2 Å². The third-order valence-electron chi connectivity index (χ3n) is 16.7. The molecule has 0 unspecified atom stereocenters. The summed E-state index contributed by atoms with van der Waals surface area (Å²) in [5.74, 6) is 1.62. The Labute approximate surface area is 440 Å². The van der Waals surface area contributed by atoms with Gasteiger partial charge < -0.3 is 44.5 Å². The molecular formula is C57H73N13O5. The van der Waals surface area contributed by atoms with E-state index in [9.17, 15) is 14.7 Å². The highest BCUT2D eigenvalue weighted by Crippen LogP contribution is 2.41. The first kappa shape index (κ1) is 50.6. The van der Waals surface area contributed by atoms with Crippen molar-refractivity contribution in [1.29, 1.82) is 0 Å². The van der Waals surface area contributed by atoms with Gasteiger partial charge in [-0.25, -0.2) is 19.9 Å². The molecule has 3 N–H and O–H groups in total. The summed E-state index contributed by atoms with van der Waals surface area (Å²) >= 11 is 0. The minimum absolute atomic E-state index is 0.136. The molecule has 396 valence electrons. The molecule has 1 aliphatic carbocycles. The number of aromatic nitrogens is 5. The lowest BCUT2D eigenvalue weighted by Gasteiger charge is -2.47. The van der Waals surface area contributed by atoms with Gasteiger partial charge >= 0.3 is 0 Å². The van der Waals surface area contributed by atoms with Gasteiger partial charge in [0, 0.05) is 149 Å². The number of carbonyl (C=O) groups excluding carboxylic acids is 2. The van der Waals surface area contributed by atoms with E-state index in [0.29, 0.717) is 76.7 Å². The van der Waals surface area contributed by atoms with Crippen LogP contribution in [-0.2, 0) is 35.5 Å². The molecular weight excluding hydrogens is 947 g/mol. The number of benzene rings is 1. The molecule has 4 saturated heterocycles. The molecule has 5 aromatic rings. The number of piperazine rings is 2. The van der Waals surface area contributed by atoms with Gasteiger partial charge in [0.25, 0.3) is 11.8 Å². The summed E-state index contributed by atoms with van der Waals surface area (Å²) in [6.07, 6.45) is 12.8. The number of piperidine rings is 1. The second-order valence-corrected chi connectivity index (χ2v) is 22.1. The molecule has 75 heavy (non-hydrogen) atoms. The minimum Gasteiger partial charge on any atom is -0.478 e. The Morgan fingerprint density at radius 2 is 1.60 bits per heavy atom. The highest BCUT2D eigenvalue weighted by molar-refractivity contribution is 6.06. The van der Waals surface area contributed by atoms with E-state index in [-0.39, 0.29) is 35.8 Å². The van der Waals surface area contributed by atoms with Crippen LogP contribution in [0.1, 0.15) is 80.7 Å². The predicted molar refractivity (Wildman–Crippen MR) is 294 cm³/mol. The summed E-state index contributed by atoms with van der Waals surface area (Å²) in [5, 5.41) is 17.4.